The summed E-state index contributed by atoms with van der Waals surface area (Å²) in [5.41, 5.74) is 3.47. The first-order valence-electron chi connectivity index (χ1n) is 10.3. The molecular formula is C23H22N6O4. The lowest BCUT2D eigenvalue weighted by atomic mass is 10.0. The lowest BCUT2D eigenvalue weighted by Gasteiger charge is -2.13. The van der Waals surface area contributed by atoms with Gasteiger partial charge >= 0.3 is 5.97 Å². The molecule has 3 aromatic heterocycles. The van der Waals surface area contributed by atoms with E-state index in [2.05, 4.69) is 26.7 Å². The SMILES string of the molecule is CCOC(=O)c1cnn(-c2cc(C)c3cc(C)cc(C)c3n2)c1NC(=O)c1ccc(=O)[nH]n1. The van der Waals surface area contributed by atoms with Crippen LogP contribution in [0.25, 0.3) is 16.7 Å². The summed E-state index contributed by atoms with van der Waals surface area (Å²) in [4.78, 5) is 41.4. The number of fused-ring (bicyclic) bond motifs is 1. The molecule has 168 valence electrons. The number of anilines is 1. The molecule has 0 aliphatic heterocycles. The Labute approximate surface area is 188 Å². The van der Waals surface area contributed by atoms with E-state index in [0.29, 0.717) is 5.82 Å². The van der Waals surface area contributed by atoms with E-state index in [0.717, 1.165) is 27.6 Å². The molecule has 3 heterocycles. The molecule has 0 radical (unpaired) electrons. The van der Waals surface area contributed by atoms with Crippen molar-refractivity contribution in [3.05, 3.63) is 74.8 Å². The fraction of sp³-hybridized carbons (Fsp3) is 0.217. The lowest BCUT2D eigenvalue weighted by Crippen LogP contribution is -2.21. The number of benzene rings is 1. The largest absolute Gasteiger partial charge is 0.462 e. The zero-order chi connectivity index (χ0) is 23.7. The van der Waals surface area contributed by atoms with Crippen molar-refractivity contribution >= 4 is 28.6 Å². The van der Waals surface area contributed by atoms with E-state index < -0.39 is 17.4 Å². The summed E-state index contributed by atoms with van der Waals surface area (Å²) in [6.45, 7) is 7.81. The second kappa shape index (κ2) is 8.65. The van der Waals surface area contributed by atoms with Crippen LogP contribution in [-0.4, -0.2) is 43.4 Å². The summed E-state index contributed by atoms with van der Waals surface area (Å²) >= 11 is 0. The number of rotatable bonds is 5. The number of hydrogen-bond donors (Lipinski definition) is 2. The average molecular weight is 446 g/mol. The molecule has 1 amide bonds. The van der Waals surface area contributed by atoms with Gasteiger partial charge in [0.25, 0.3) is 11.5 Å². The summed E-state index contributed by atoms with van der Waals surface area (Å²) in [6, 6.07) is 8.40. The van der Waals surface area contributed by atoms with Crippen molar-refractivity contribution < 1.29 is 14.3 Å². The minimum atomic E-state index is -0.641. The van der Waals surface area contributed by atoms with Crippen molar-refractivity contribution in [3.63, 3.8) is 0 Å². The fourth-order valence-electron chi connectivity index (χ4n) is 3.58. The van der Waals surface area contributed by atoms with E-state index in [1.54, 1.807) is 6.92 Å². The van der Waals surface area contributed by atoms with Crippen molar-refractivity contribution in [1.29, 1.82) is 0 Å². The molecule has 0 aliphatic rings. The normalized spacial score (nSPS) is 10.9. The maximum Gasteiger partial charge on any atom is 0.343 e. The number of carbonyl (C=O) groups excluding carboxylic acids is 2. The van der Waals surface area contributed by atoms with Crippen molar-refractivity contribution in [2.75, 3.05) is 11.9 Å². The number of nitrogens with zero attached hydrogens (tertiary/aromatic N) is 4. The molecule has 0 atom stereocenters. The van der Waals surface area contributed by atoms with Gasteiger partial charge < -0.3 is 10.1 Å². The minimum absolute atomic E-state index is 0.0360. The van der Waals surface area contributed by atoms with Gasteiger partial charge in [-0.3, -0.25) is 9.59 Å². The van der Waals surface area contributed by atoms with Crippen molar-refractivity contribution in [2.24, 2.45) is 0 Å². The van der Waals surface area contributed by atoms with Crippen molar-refractivity contribution in [3.8, 4) is 5.82 Å². The van der Waals surface area contributed by atoms with Gasteiger partial charge in [-0.1, -0.05) is 11.6 Å². The van der Waals surface area contributed by atoms with E-state index in [1.165, 1.54) is 23.0 Å². The molecule has 0 saturated heterocycles. The number of H-pyrrole nitrogens is 1. The molecule has 0 saturated carbocycles. The van der Waals surface area contributed by atoms with E-state index in [-0.39, 0.29) is 23.7 Å². The average Bonchev–Trinajstić information content (AvgIpc) is 3.18. The first-order valence-corrected chi connectivity index (χ1v) is 10.3. The number of esters is 1. The molecule has 4 rings (SSSR count). The topological polar surface area (TPSA) is 132 Å². The van der Waals surface area contributed by atoms with Gasteiger partial charge in [0.1, 0.15) is 11.3 Å². The Bertz CT molecular complexity index is 1430. The Morgan fingerprint density at radius 1 is 1.12 bits per heavy atom. The van der Waals surface area contributed by atoms with Gasteiger partial charge in [-0.2, -0.15) is 14.9 Å². The lowest BCUT2D eigenvalue weighted by molar-refractivity contribution is 0.0527. The molecule has 0 fully saturated rings. The van der Waals surface area contributed by atoms with Crippen LogP contribution in [0.1, 0.15) is 44.5 Å². The first-order chi connectivity index (χ1) is 15.8. The second-order valence-electron chi connectivity index (χ2n) is 7.58. The number of hydrogen-bond acceptors (Lipinski definition) is 7. The molecule has 0 aliphatic carbocycles. The monoisotopic (exact) mass is 446 g/mol. The Kier molecular flexibility index (Phi) is 5.74. The van der Waals surface area contributed by atoms with Crippen molar-refractivity contribution in [2.45, 2.75) is 27.7 Å². The quantitative estimate of drug-likeness (QED) is 0.451. The highest BCUT2D eigenvalue weighted by Gasteiger charge is 2.23. The second-order valence-corrected chi connectivity index (χ2v) is 7.58. The van der Waals surface area contributed by atoms with Gasteiger partial charge in [0.2, 0.25) is 0 Å². The number of aromatic nitrogens is 5. The molecule has 0 spiro atoms. The van der Waals surface area contributed by atoms with Gasteiger partial charge in [0, 0.05) is 11.5 Å². The predicted molar refractivity (Wildman–Crippen MR) is 122 cm³/mol. The van der Waals surface area contributed by atoms with Crippen LogP contribution >= 0.6 is 0 Å². The molecule has 0 unspecified atom stereocenters. The summed E-state index contributed by atoms with van der Waals surface area (Å²) in [7, 11) is 0. The number of amides is 1. The fourth-order valence-corrected chi connectivity index (χ4v) is 3.58. The van der Waals surface area contributed by atoms with Crippen molar-refractivity contribution in [1.82, 2.24) is 25.0 Å². The Hall–Kier alpha value is -4.34. The predicted octanol–water partition coefficient (Wildman–Crippen LogP) is 2.86. The Morgan fingerprint density at radius 3 is 2.61 bits per heavy atom. The van der Waals surface area contributed by atoms with Crippen LogP contribution in [0.3, 0.4) is 0 Å². The van der Waals surface area contributed by atoms with Gasteiger partial charge in [-0.05, 0) is 57.0 Å². The van der Waals surface area contributed by atoms with Crippen LogP contribution in [0.5, 0.6) is 0 Å². The number of aromatic amines is 1. The number of ether oxygens (including phenoxy) is 1. The first kappa shape index (κ1) is 21.9. The van der Waals surface area contributed by atoms with Crippen LogP contribution in [0.2, 0.25) is 0 Å². The van der Waals surface area contributed by atoms with Crippen LogP contribution in [0.15, 0.2) is 41.3 Å². The molecule has 0 bridgehead atoms. The van der Waals surface area contributed by atoms with Gasteiger partial charge in [-0.15, -0.1) is 0 Å². The smallest absolute Gasteiger partial charge is 0.343 e. The Balaban J connectivity index is 1.85. The summed E-state index contributed by atoms with van der Waals surface area (Å²) in [5.74, 6) is -0.768. The highest BCUT2D eigenvalue weighted by molar-refractivity contribution is 6.06. The van der Waals surface area contributed by atoms with Crippen LogP contribution < -0.4 is 10.9 Å². The van der Waals surface area contributed by atoms with Crippen LogP contribution in [0, 0.1) is 20.8 Å². The number of aryl methyl sites for hydroxylation is 3. The Morgan fingerprint density at radius 2 is 1.91 bits per heavy atom. The molecule has 10 nitrogen and oxygen atoms in total. The number of pyridine rings is 1. The molecule has 2 N–H and O–H groups in total. The summed E-state index contributed by atoms with van der Waals surface area (Å²) < 4.78 is 6.50. The third-order valence-corrected chi connectivity index (χ3v) is 5.07. The van der Waals surface area contributed by atoms with Crippen LogP contribution in [-0.2, 0) is 4.74 Å². The van der Waals surface area contributed by atoms with Gasteiger partial charge in [0.05, 0.1) is 18.3 Å². The molecule has 4 aromatic rings. The maximum atomic E-state index is 12.8. The number of carbonyl (C=O) groups is 2. The molecule has 10 heteroatoms. The third kappa shape index (κ3) is 4.22. The standard InChI is InChI=1S/C23H22N6O4/c1-5-33-23(32)16-11-24-29(21(16)26-22(31)17-6-7-19(30)28-27-17)18-10-13(3)15-9-12(2)8-14(4)20(15)25-18/h6-11H,5H2,1-4H3,(H,26,31)(H,28,30). The summed E-state index contributed by atoms with van der Waals surface area (Å²) in [6.07, 6.45) is 1.32. The highest BCUT2D eigenvalue weighted by atomic mass is 16.5. The van der Waals surface area contributed by atoms with E-state index in [1.807, 2.05) is 32.9 Å². The van der Waals surface area contributed by atoms with E-state index in [9.17, 15) is 14.4 Å². The van der Waals surface area contributed by atoms with Gasteiger partial charge in [0.15, 0.2) is 11.6 Å². The number of nitrogens with one attached hydrogen (secondary N) is 2. The maximum absolute atomic E-state index is 12.8. The zero-order valence-corrected chi connectivity index (χ0v) is 18.6. The van der Waals surface area contributed by atoms with Gasteiger partial charge in [-0.25, -0.2) is 14.9 Å². The van der Waals surface area contributed by atoms with E-state index in [4.69, 9.17) is 9.72 Å². The third-order valence-electron chi connectivity index (χ3n) is 5.07. The van der Waals surface area contributed by atoms with Crippen LogP contribution in [0.4, 0.5) is 5.82 Å². The molecule has 33 heavy (non-hydrogen) atoms. The molecule has 1 aromatic carbocycles. The van der Waals surface area contributed by atoms with E-state index >= 15 is 0 Å². The summed E-state index contributed by atoms with van der Waals surface area (Å²) in [5, 5.41) is 13.9. The minimum Gasteiger partial charge on any atom is -0.462 e. The molecular weight excluding hydrogens is 424 g/mol. The highest BCUT2D eigenvalue weighted by Crippen LogP contribution is 2.27. The zero-order valence-electron chi connectivity index (χ0n) is 18.6.